The molecular formula is C11H23N3O3S+2. The van der Waals surface area contributed by atoms with E-state index in [1.165, 1.54) is 0 Å². The molecule has 0 radical (unpaired) electrons. The molecule has 5 atom stereocenters. The molecule has 6 N–H and O–H groups in total. The molecular weight excluding hydrogens is 254 g/mol. The summed E-state index contributed by atoms with van der Waals surface area (Å²) in [5.41, 5.74) is -0.156. The lowest BCUT2D eigenvalue weighted by atomic mass is 9.98. The zero-order chi connectivity index (χ0) is 13.1. The van der Waals surface area contributed by atoms with E-state index < -0.39 is 12.2 Å². The Morgan fingerprint density at radius 1 is 1.28 bits per heavy atom. The molecule has 2 rings (SSSR count). The maximum atomic E-state index is 10.1. The first-order valence-corrected chi connectivity index (χ1v) is 7.46. The fraction of sp³-hybridized carbons (Fsp3) is 0.909. The Balaban J connectivity index is 1.99. The van der Waals surface area contributed by atoms with Gasteiger partial charge in [-0.15, -0.1) is 0 Å². The number of quaternary nitrogens is 2. The lowest BCUT2D eigenvalue weighted by Crippen LogP contribution is -2.87. The number of aliphatic imine (C=N–C) groups is 1. The van der Waals surface area contributed by atoms with Crippen molar-refractivity contribution in [3.05, 3.63) is 0 Å². The normalized spacial score (nSPS) is 39.6. The van der Waals surface area contributed by atoms with Crippen LogP contribution in [0.15, 0.2) is 4.99 Å². The van der Waals surface area contributed by atoms with Crippen molar-refractivity contribution in [1.29, 1.82) is 0 Å². The largest absolute Gasteiger partial charge is 0.388 e. The third kappa shape index (κ3) is 2.87. The number of likely N-dealkylation sites (N-methyl/N-ethyl adjacent to an activating group) is 1. The molecule has 1 saturated heterocycles. The average Bonchev–Trinajstić information content (AvgIpc) is 2.75. The summed E-state index contributed by atoms with van der Waals surface area (Å²) in [6.45, 7) is 6.63. The van der Waals surface area contributed by atoms with E-state index in [-0.39, 0.29) is 17.6 Å². The summed E-state index contributed by atoms with van der Waals surface area (Å²) in [5, 5.41) is 25.2. The van der Waals surface area contributed by atoms with E-state index in [9.17, 15) is 10.2 Å². The Morgan fingerprint density at radius 2 is 2.06 bits per heavy atom. The number of thioether (sulfide) groups is 1. The van der Waals surface area contributed by atoms with Crippen LogP contribution >= 0.6 is 11.8 Å². The first kappa shape index (κ1) is 14.2. The van der Waals surface area contributed by atoms with Gasteiger partial charge < -0.3 is 20.3 Å². The highest BCUT2D eigenvalue weighted by Crippen LogP contribution is 2.34. The maximum absolute atomic E-state index is 10.1. The minimum absolute atomic E-state index is 0.156. The molecule has 0 unspecified atom stereocenters. The highest BCUT2D eigenvalue weighted by atomic mass is 32.2. The molecule has 6 nitrogen and oxygen atoms in total. The van der Waals surface area contributed by atoms with E-state index in [1.807, 2.05) is 5.32 Å². The van der Waals surface area contributed by atoms with Crippen LogP contribution in [0.4, 0.5) is 0 Å². The summed E-state index contributed by atoms with van der Waals surface area (Å²) in [5.74, 6) is 0. The van der Waals surface area contributed by atoms with Gasteiger partial charge in [0.1, 0.15) is 36.3 Å². The van der Waals surface area contributed by atoms with Gasteiger partial charge in [-0.1, -0.05) is 0 Å². The van der Waals surface area contributed by atoms with E-state index in [2.05, 4.69) is 24.2 Å². The average molecular weight is 277 g/mol. The molecule has 104 valence electrons. The van der Waals surface area contributed by atoms with Crippen LogP contribution in [0.5, 0.6) is 0 Å². The molecule has 2 aliphatic rings. The fourth-order valence-electron chi connectivity index (χ4n) is 2.25. The summed E-state index contributed by atoms with van der Waals surface area (Å²) in [6, 6.07) is -0.333. The standard InChI is InChI=1S/C11H21N3O3S/c1-3-12-5-6-8(15)9(16)7-10(17-6)18-11(14-7)13-4-2/h6-10,12,15-16H,3-5H2,1-2H3,(H,13,14)/p+2/t6-,7-,8-,9-,10-/m1/s1. The van der Waals surface area contributed by atoms with Gasteiger partial charge in [0.25, 0.3) is 5.17 Å². The van der Waals surface area contributed by atoms with Crippen molar-refractivity contribution < 1.29 is 25.6 Å². The molecule has 0 bridgehead atoms. The van der Waals surface area contributed by atoms with Crippen LogP contribution in [0.25, 0.3) is 0 Å². The van der Waals surface area contributed by atoms with Crippen LogP contribution in [0.1, 0.15) is 13.8 Å². The zero-order valence-electron chi connectivity index (χ0n) is 10.8. The van der Waals surface area contributed by atoms with Gasteiger partial charge in [-0.05, 0) is 25.6 Å². The van der Waals surface area contributed by atoms with Crippen LogP contribution < -0.4 is 10.6 Å². The lowest BCUT2D eigenvalue weighted by molar-refractivity contribution is -0.660. The predicted octanol–water partition coefficient (Wildman–Crippen LogP) is -2.93. The minimum atomic E-state index is -0.848. The summed E-state index contributed by atoms with van der Waals surface area (Å²) >= 11 is 1.55. The molecule has 18 heavy (non-hydrogen) atoms. The number of rotatable bonds is 4. The smallest absolute Gasteiger partial charge is 0.258 e. The van der Waals surface area contributed by atoms with Gasteiger partial charge in [0, 0.05) is 0 Å². The number of hydrogen-bond acceptors (Lipinski definition) is 5. The van der Waals surface area contributed by atoms with Crippen LogP contribution in [-0.2, 0) is 4.74 Å². The molecule has 7 heteroatoms. The molecule has 0 aromatic carbocycles. The van der Waals surface area contributed by atoms with Crippen molar-refractivity contribution >= 4 is 16.9 Å². The topological polar surface area (TPSA) is 95.3 Å². The summed E-state index contributed by atoms with van der Waals surface area (Å²) in [4.78, 5) is 4.42. The lowest BCUT2D eigenvalue weighted by Gasteiger charge is -2.37. The van der Waals surface area contributed by atoms with Crippen molar-refractivity contribution in [3.8, 4) is 0 Å². The molecule has 2 aliphatic heterocycles. The van der Waals surface area contributed by atoms with Gasteiger partial charge in [-0.25, -0.2) is 4.99 Å². The number of nitrogens with two attached hydrogens (primary N) is 2. The van der Waals surface area contributed by atoms with Gasteiger partial charge in [0.2, 0.25) is 0 Å². The van der Waals surface area contributed by atoms with Gasteiger partial charge in [-0.3, -0.25) is 5.32 Å². The van der Waals surface area contributed by atoms with E-state index in [0.29, 0.717) is 6.54 Å². The van der Waals surface area contributed by atoms with Crippen molar-refractivity contribution in [3.63, 3.8) is 0 Å². The Kier molecular flexibility index (Phi) is 4.99. The van der Waals surface area contributed by atoms with Crippen LogP contribution in [0.3, 0.4) is 0 Å². The first-order valence-electron chi connectivity index (χ1n) is 6.58. The minimum Gasteiger partial charge on any atom is -0.388 e. The van der Waals surface area contributed by atoms with Crippen molar-refractivity contribution in [1.82, 2.24) is 0 Å². The van der Waals surface area contributed by atoms with Crippen molar-refractivity contribution in [2.45, 2.75) is 43.6 Å². The Hall–Kier alpha value is -0.180. The van der Waals surface area contributed by atoms with E-state index in [1.54, 1.807) is 11.8 Å². The molecule has 0 aromatic rings. The number of amidine groups is 1. The Labute approximate surface area is 111 Å². The number of fused-ring (bicyclic) bond motifs is 1. The van der Waals surface area contributed by atoms with E-state index in [0.717, 1.165) is 18.3 Å². The number of ether oxygens (including phenoxy) is 1. The molecule has 0 aromatic heterocycles. The van der Waals surface area contributed by atoms with Gasteiger partial charge in [0.15, 0.2) is 0 Å². The SMILES string of the molecule is CC[NH2+]C[C@H]1O[C@@H]2SC([NH2+]CC)=N[C@@H]2[C@@H](O)[C@@H]1O. The van der Waals surface area contributed by atoms with Crippen molar-refractivity contribution in [2.24, 2.45) is 4.99 Å². The van der Waals surface area contributed by atoms with Gasteiger partial charge in [-0.2, -0.15) is 0 Å². The summed E-state index contributed by atoms with van der Waals surface area (Å²) in [6.07, 6.45) is -1.99. The fourth-order valence-corrected chi connectivity index (χ4v) is 3.49. The highest BCUT2D eigenvalue weighted by molar-refractivity contribution is 8.14. The van der Waals surface area contributed by atoms with Crippen LogP contribution in [0.2, 0.25) is 0 Å². The number of aliphatic hydroxyl groups excluding tert-OH is 2. The predicted molar refractivity (Wildman–Crippen MR) is 69.3 cm³/mol. The van der Waals surface area contributed by atoms with E-state index >= 15 is 0 Å². The molecule has 0 spiro atoms. The third-order valence-corrected chi connectivity index (χ3v) is 4.38. The Bertz CT molecular complexity index is 316. The molecule has 2 heterocycles. The molecule has 0 saturated carbocycles. The van der Waals surface area contributed by atoms with Crippen LogP contribution in [0, 0.1) is 0 Å². The highest BCUT2D eigenvalue weighted by Gasteiger charge is 2.49. The number of aliphatic hydroxyl groups is 2. The zero-order valence-corrected chi connectivity index (χ0v) is 11.6. The second kappa shape index (κ2) is 6.31. The van der Waals surface area contributed by atoms with Crippen molar-refractivity contribution in [2.75, 3.05) is 19.6 Å². The summed E-state index contributed by atoms with van der Waals surface area (Å²) in [7, 11) is 0. The molecule has 1 fully saturated rings. The van der Waals surface area contributed by atoms with Crippen LogP contribution in [-0.4, -0.2) is 64.8 Å². The second-order valence-electron chi connectivity index (χ2n) is 4.64. The third-order valence-electron chi connectivity index (χ3n) is 3.25. The maximum Gasteiger partial charge on any atom is 0.258 e. The van der Waals surface area contributed by atoms with E-state index in [4.69, 9.17) is 4.74 Å². The number of hydrogen-bond donors (Lipinski definition) is 4. The van der Waals surface area contributed by atoms with Gasteiger partial charge >= 0.3 is 0 Å². The quantitative estimate of drug-likeness (QED) is 0.442. The number of nitrogens with zero attached hydrogens (tertiary/aromatic N) is 1. The Morgan fingerprint density at radius 3 is 2.72 bits per heavy atom. The second-order valence-corrected chi connectivity index (χ2v) is 5.76. The van der Waals surface area contributed by atoms with Gasteiger partial charge in [0.05, 0.1) is 13.1 Å². The molecule has 0 amide bonds. The first-order chi connectivity index (χ1) is 8.67. The summed E-state index contributed by atoms with van der Waals surface area (Å²) < 4.78 is 5.86. The monoisotopic (exact) mass is 277 g/mol. The molecule has 0 aliphatic carbocycles.